The van der Waals surface area contributed by atoms with Gasteiger partial charge in [-0.2, -0.15) is 13.2 Å². The summed E-state index contributed by atoms with van der Waals surface area (Å²) in [5, 5.41) is 3.12. The molecule has 4 nitrogen and oxygen atoms in total. The highest BCUT2D eigenvalue weighted by Gasteiger charge is 2.36. The molecule has 1 aromatic heterocycles. The third kappa shape index (κ3) is 3.98. The van der Waals surface area contributed by atoms with E-state index in [1.54, 1.807) is 0 Å². The largest absolute Gasteiger partial charge is 0.437 e. The molecule has 0 spiro atoms. The molecule has 0 aromatic carbocycles. The maximum atomic E-state index is 12.6. The molecule has 0 saturated carbocycles. The topological polar surface area (TPSA) is 63.8 Å². The number of nitrogens with one attached hydrogen (secondary N) is 1. The maximum absolute atomic E-state index is 12.6. The van der Waals surface area contributed by atoms with E-state index in [1.807, 2.05) is 34.6 Å². The highest BCUT2D eigenvalue weighted by atomic mass is 19.4. The van der Waals surface area contributed by atoms with Gasteiger partial charge in [0.05, 0.1) is 6.20 Å². The van der Waals surface area contributed by atoms with Gasteiger partial charge < -0.3 is 11.1 Å². The summed E-state index contributed by atoms with van der Waals surface area (Å²) in [5.41, 5.74) is 4.11. The third-order valence-corrected chi connectivity index (χ3v) is 2.97. The minimum Gasteiger partial charge on any atom is -0.382 e. The van der Waals surface area contributed by atoms with E-state index in [9.17, 15) is 13.2 Å². The van der Waals surface area contributed by atoms with E-state index in [0.29, 0.717) is 0 Å². The van der Waals surface area contributed by atoms with Gasteiger partial charge in [-0.1, -0.05) is 34.6 Å². The van der Waals surface area contributed by atoms with Crippen molar-refractivity contribution in [2.75, 3.05) is 11.1 Å². The second kappa shape index (κ2) is 5.46. The second-order valence-electron chi connectivity index (χ2n) is 6.22. The molecule has 114 valence electrons. The Bertz CT molecular complexity index is 464. The van der Waals surface area contributed by atoms with Gasteiger partial charge in [-0.05, 0) is 11.3 Å². The molecule has 0 aliphatic carbocycles. The molecule has 1 rings (SSSR count). The SMILES string of the molecule is CC(C)C(Nc1cnc(C(F)(F)F)c(N)n1)C(C)(C)C. The monoisotopic (exact) mass is 290 g/mol. The van der Waals surface area contributed by atoms with Crippen molar-refractivity contribution >= 4 is 11.6 Å². The lowest BCUT2D eigenvalue weighted by Crippen LogP contribution is -2.38. The fourth-order valence-electron chi connectivity index (χ4n) is 2.23. The van der Waals surface area contributed by atoms with Gasteiger partial charge in [-0.25, -0.2) is 9.97 Å². The molecule has 0 saturated heterocycles. The van der Waals surface area contributed by atoms with Crippen molar-refractivity contribution in [2.24, 2.45) is 11.3 Å². The van der Waals surface area contributed by atoms with E-state index >= 15 is 0 Å². The molecule has 0 bridgehead atoms. The van der Waals surface area contributed by atoms with Crippen LogP contribution in [0.25, 0.3) is 0 Å². The molecule has 0 aliphatic heterocycles. The Hall–Kier alpha value is -1.53. The van der Waals surface area contributed by atoms with Crippen molar-refractivity contribution in [3.8, 4) is 0 Å². The first kappa shape index (κ1) is 16.5. The van der Waals surface area contributed by atoms with Gasteiger partial charge in [0, 0.05) is 6.04 Å². The van der Waals surface area contributed by atoms with Crippen molar-refractivity contribution in [3.63, 3.8) is 0 Å². The van der Waals surface area contributed by atoms with Crippen molar-refractivity contribution < 1.29 is 13.2 Å². The van der Waals surface area contributed by atoms with Crippen LogP contribution < -0.4 is 11.1 Å². The summed E-state index contributed by atoms with van der Waals surface area (Å²) in [6.45, 7) is 10.2. The molecule has 1 unspecified atom stereocenters. The summed E-state index contributed by atoms with van der Waals surface area (Å²) >= 11 is 0. The molecule has 7 heteroatoms. The summed E-state index contributed by atoms with van der Waals surface area (Å²) in [5.74, 6) is -0.0802. The van der Waals surface area contributed by atoms with Crippen molar-refractivity contribution in [2.45, 2.75) is 46.8 Å². The normalized spacial score (nSPS) is 14.4. The Labute approximate surface area is 117 Å². The molecule has 1 atom stereocenters. The number of nitrogens with two attached hydrogens (primary N) is 1. The first-order valence-corrected chi connectivity index (χ1v) is 6.39. The summed E-state index contributed by atoms with van der Waals surface area (Å²) < 4.78 is 37.7. The molecule has 3 N–H and O–H groups in total. The van der Waals surface area contributed by atoms with Gasteiger partial charge in [-0.15, -0.1) is 0 Å². The van der Waals surface area contributed by atoms with Crippen LogP contribution in [0.15, 0.2) is 6.20 Å². The summed E-state index contributed by atoms with van der Waals surface area (Å²) in [4.78, 5) is 7.13. The highest BCUT2D eigenvalue weighted by molar-refractivity contribution is 5.45. The zero-order valence-electron chi connectivity index (χ0n) is 12.3. The molecule has 0 amide bonds. The average Bonchev–Trinajstić information content (AvgIpc) is 2.22. The molecule has 0 radical (unpaired) electrons. The molecule has 0 fully saturated rings. The summed E-state index contributed by atoms with van der Waals surface area (Å²) in [6.07, 6.45) is -3.52. The summed E-state index contributed by atoms with van der Waals surface area (Å²) in [6, 6.07) is 0.0351. The van der Waals surface area contributed by atoms with E-state index in [-0.39, 0.29) is 23.2 Å². The van der Waals surface area contributed by atoms with Crippen LogP contribution in [0.5, 0.6) is 0 Å². The fraction of sp³-hybridized carbons (Fsp3) is 0.692. The molecular weight excluding hydrogens is 269 g/mol. The highest BCUT2D eigenvalue weighted by Crippen LogP contribution is 2.32. The van der Waals surface area contributed by atoms with Crippen molar-refractivity contribution in [1.29, 1.82) is 0 Å². The first-order chi connectivity index (χ1) is 8.93. The van der Waals surface area contributed by atoms with Gasteiger partial charge in [0.2, 0.25) is 0 Å². The lowest BCUT2D eigenvalue weighted by atomic mass is 9.80. The number of nitrogen functional groups attached to an aromatic ring is 1. The van der Waals surface area contributed by atoms with Gasteiger partial charge in [0.1, 0.15) is 5.82 Å². The lowest BCUT2D eigenvalue weighted by molar-refractivity contribution is -0.140. The third-order valence-electron chi connectivity index (χ3n) is 2.97. The van der Waals surface area contributed by atoms with Crippen LogP contribution >= 0.6 is 0 Å². The van der Waals surface area contributed by atoms with E-state index in [0.717, 1.165) is 6.20 Å². The maximum Gasteiger partial charge on any atom is 0.437 e. The molecule has 0 aliphatic rings. The number of halogens is 3. The Morgan fingerprint density at radius 1 is 1.20 bits per heavy atom. The zero-order valence-corrected chi connectivity index (χ0v) is 12.3. The summed E-state index contributed by atoms with van der Waals surface area (Å²) in [7, 11) is 0. The van der Waals surface area contributed by atoms with Crippen LogP contribution in [0.3, 0.4) is 0 Å². The van der Waals surface area contributed by atoms with E-state index in [1.165, 1.54) is 0 Å². The predicted molar refractivity (Wildman–Crippen MR) is 73.2 cm³/mol. The molecular formula is C13H21F3N4. The number of aromatic nitrogens is 2. The van der Waals surface area contributed by atoms with Crippen molar-refractivity contribution in [1.82, 2.24) is 9.97 Å². The van der Waals surface area contributed by atoms with Crippen molar-refractivity contribution in [3.05, 3.63) is 11.9 Å². The van der Waals surface area contributed by atoms with E-state index in [2.05, 4.69) is 15.3 Å². The number of alkyl halides is 3. The van der Waals surface area contributed by atoms with Crippen LogP contribution in [-0.4, -0.2) is 16.0 Å². The number of nitrogens with zero attached hydrogens (tertiary/aromatic N) is 2. The smallest absolute Gasteiger partial charge is 0.382 e. The van der Waals surface area contributed by atoms with Gasteiger partial charge in [0.15, 0.2) is 11.5 Å². The molecule has 20 heavy (non-hydrogen) atoms. The van der Waals surface area contributed by atoms with E-state index < -0.39 is 17.7 Å². The quantitative estimate of drug-likeness (QED) is 0.893. The van der Waals surface area contributed by atoms with Crippen LogP contribution in [0.2, 0.25) is 0 Å². The van der Waals surface area contributed by atoms with Gasteiger partial charge in [0.25, 0.3) is 0 Å². The minimum atomic E-state index is -4.59. The fourth-order valence-corrected chi connectivity index (χ4v) is 2.23. The van der Waals surface area contributed by atoms with Crippen LogP contribution in [-0.2, 0) is 6.18 Å². The number of anilines is 2. The van der Waals surface area contributed by atoms with Crippen LogP contribution in [0, 0.1) is 11.3 Å². The van der Waals surface area contributed by atoms with Crippen LogP contribution in [0.1, 0.15) is 40.3 Å². The average molecular weight is 290 g/mol. The standard InChI is InChI=1S/C13H21F3N4/c1-7(2)9(12(3,4)5)19-8-6-18-10(11(17)20-8)13(14,15)16/h6-7,9H,1-5H3,(H3,17,19,20). The van der Waals surface area contributed by atoms with Crippen LogP contribution in [0.4, 0.5) is 24.8 Å². The minimum absolute atomic E-state index is 0.0351. The zero-order chi connectivity index (χ0) is 15.7. The Balaban J connectivity index is 3.02. The predicted octanol–water partition coefficient (Wildman–Crippen LogP) is 3.56. The Morgan fingerprint density at radius 2 is 1.75 bits per heavy atom. The number of hydrogen-bond acceptors (Lipinski definition) is 4. The number of rotatable bonds is 3. The Kier molecular flexibility index (Phi) is 4.51. The molecule has 1 aromatic rings. The first-order valence-electron chi connectivity index (χ1n) is 6.39. The molecule has 1 heterocycles. The number of hydrogen-bond donors (Lipinski definition) is 2. The Morgan fingerprint density at radius 3 is 2.10 bits per heavy atom. The van der Waals surface area contributed by atoms with E-state index in [4.69, 9.17) is 5.73 Å². The lowest BCUT2D eigenvalue weighted by Gasteiger charge is -2.35. The second-order valence-corrected chi connectivity index (χ2v) is 6.22. The van der Waals surface area contributed by atoms with Gasteiger partial charge in [-0.3, -0.25) is 0 Å². The van der Waals surface area contributed by atoms with Gasteiger partial charge >= 0.3 is 6.18 Å².